The minimum absolute atomic E-state index is 0.244. The van der Waals surface area contributed by atoms with Crippen molar-refractivity contribution in [2.75, 3.05) is 13.2 Å². The van der Waals surface area contributed by atoms with Crippen molar-refractivity contribution < 1.29 is 14.4 Å². The largest absolute Gasteiger partial charge is 0.490 e. The number of H-pyrrole nitrogens is 1. The number of aryl methyl sites for hydroxylation is 1. The van der Waals surface area contributed by atoms with Gasteiger partial charge in [0, 0.05) is 11.1 Å². The van der Waals surface area contributed by atoms with Crippen LogP contribution >= 0.6 is 0 Å². The fourth-order valence-corrected chi connectivity index (χ4v) is 2.20. The number of hydrogen-bond acceptors (Lipinski definition) is 5. The highest BCUT2D eigenvalue weighted by Gasteiger charge is 2.21. The topological polar surface area (TPSA) is 94.5 Å². The number of ether oxygens (including phenoxy) is 2. The number of nitro groups is 1. The number of aromatic nitrogens is 1. The molecule has 1 aromatic heterocycles. The first-order chi connectivity index (χ1) is 9.99. The molecule has 0 aliphatic carbocycles. The van der Waals surface area contributed by atoms with Gasteiger partial charge in [0.25, 0.3) is 0 Å². The van der Waals surface area contributed by atoms with Gasteiger partial charge < -0.3 is 14.5 Å². The second-order valence-electron chi connectivity index (χ2n) is 4.40. The molecular weight excluding hydrogens is 276 g/mol. The normalized spacial score (nSPS) is 10.6. The van der Waals surface area contributed by atoms with E-state index in [1.165, 1.54) is 6.07 Å². The number of nitrogens with zero attached hydrogens (tertiary/aromatic N) is 1. The van der Waals surface area contributed by atoms with Gasteiger partial charge >= 0.3 is 11.2 Å². The van der Waals surface area contributed by atoms with Crippen LogP contribution in [-0.2, 0) is 0 Å². The zero-order valence-electron chi connectivity index (χ0n) is 12.1. The lowest BCUT2D eigenvalue weighted by Crippen LogP contribution is -2.13. The van der Waals surface area contributed by atoms with Crippen LogP contribution in [0.1, 0.15) is 19.5 Å². The van der Waals surface area contributed by atoms with E-state index in [0.29, 0.717) is 35.8 Å². The summed E-state index contributed by atoms with van der Waals surface area (Å²) >= 11 is 0. The van der Waals surface area contributed by atoms with E-state index in [2.05, 4.69) is 4.98 Å². The monoisotopic (exact) mass is 292 g/mol. The predicted molar refractivity (Wildman–Crippen MR) is 78.3 cm³/mol. The summed E-state index contributed by atoms with van der Waals surface area (Å²) in [7, 11) is 0. The van der Waals surface area contributed by atoms with Crippen LogP contribution in [0.3, 0.4) is 0 Å². The molecule has 0 atom stereocenters. The average Bonchev–Trinajstić information content (AvgIpc) is 2.40. The number of pyridine rings is 1. The maximum Gasteiger partial charge on any atom is 0.341 e. The van der Waals surface area contributed by atoms with Crippen molar-refractivity contribution >= 4 is 16.5 Å². The lowest BCUT2D eigenvalue weighted by atomic mass is 10.1. The first kappa shape index (κ1) is 14.8. The Balaban J connectivity index is 2.85. The molecule has 0 unspecified atom stereocenters. The van der Waals surface area contributed by atoms with E-state index in [0.717, 1.165) is 0 Å². The molecule has 0 saturated heterocycles. The number of benzene rings is 1. The van der Waals surface area contributed by atoms with Gasteiger partial charge in [0.2, 0.25) is 0 Å². The molecule has 7 heteroatoms. The van der Waals surface area contributed by atoms with E-state index >= 15 is 0 Å². The number of fused-ring (bicyclic) bond motifs is 1. The molecular formula is C14H16N2O5. The Morgan fingerprint density at radius 1 is 1.14 bits per heavy atom. The Morgan fingerprint density at radius 2 is 1.67 bits per heavy atom. The van der Waals surface area contributed by atoms with E-state index in [9.17, 15) is 14.9 Å². The van der Waals surface area contributed by atoms with E-state index < -0.39 is 16.2 Å². The van der Waals surface area contributed by atoms with E-state index in [-0.39, 0.29) is 5.39 Å². The molecule has 1 heterocycles. The van der Waals surface area contributed by atoms with Crippen molar-refractivity contribution in [1.82, 2.24) is 4.98 Å². The first-order valence-corrected chi connectivity index (χ1v) is 6.60. The van der Waals surface area contributed by atoms with Gasteiger partial charge in [0.15, 0.2) is 11.5 Å². The molecule has 0 saturated carbocycles. The van der Waals surface area contributed by atoms with Gasteiger partial charge in [0.1, 0.15) is 0 Å². The molecule has 7 nitrogen and oxygen atoms in total. The molecule has 1 aromatic carbocycles. The van der Waals surface area contributed by atoms with Crippen LogP contribution in [-0.4, -0.2) is 23.1 Å². The highest BCUT2D eigenvalue weighted by Crippen LogP contribution is 2.36. The highest BCUT2D eigenvalue weighted by molar-refractivity contribution is 5.94. The number of rotatable bonds is 5. The molecule has 2 aromatic rings. The molecule has 0 amide bonds. The van der Waals surface area contributed by atoms with Crippen molar-refractivity contribution in [3.8, 4) is 11.5 Å². The molecule has 21 heavy (non-hydrogen) atoms. The Bertz CT molecular complexity index is 751. The predicted octanol–water partition coefficient (Wildman–Crippen LogP) is 2.54. The average molecular weight is 292 g/mol. The maximum absolute atomic E-state index is 11.8. The smallest absolute Gasteiger partial charge is 0.341 e. The molecule has 0 bridgehead atoms. The Hall–Kier alpha value is -2.57. The SMILES string of the molecule is CCOc1cc2c(C)[nH]c(=O)c([N+](=O)[O-])c2cc1OCC. The Labute approximate surface area is 120 Å². The highest BCUT2D eigenvalue weighted by atomic mass is 16.6. The van der Waals surface area contributed by atoms with E-state index in [1.54, 1.807) is 19.9 Å². The lowest BCUT2D eigenvalue weighted by Gasteiger charge is -2.13. The zero-order chi connectivity index (χ0) is 15.6. The Morgan fingerprint density at radius 3 is 2.14 bits per heavy atom. The fraction of sp³-hybridized carbons (Fsp3) is 0.357. The molecule has 0 fully saturated rings. The fourth-order valence-electron chi connectivity index (χ4n) is 2.20. The van der Waals surface area contributed by atoms with Crippen LogP contribution in [0, 0.1) is 17.0 Å². The van der Waals surface area contributed by atoms with Crippen LogP contribution in [0.25, 0.3) is 10.8 Å². The summed E-state index contributed by atoms with van der Waals surface area (Å²) in [6.45, 7) is 6.15. The van der Waals surface area contributed by atoms with Crippen LogP contribution in [0.2, 0.25) is 0 Å². The summed E-state index contributed by atoms with van der Waals surface area (Å²) in [5.41, 5.74) is -0.666. The molecule has 1 N–H and O–H groups in total. The van der Waals surface area contributed by atoms with E-state index in [1.807, 2.05) is 6.92 Å². The molecule has 0 aliphatic heterocycles. The van der Waals surface area contributed by atoms with Crippen molar-refractivity contribution in [3.05, 3.63) is 38.3 Å². The lowest BCUT2D eigenvalue weighted by molar-refractivity contribution is -0.384. The molecule has 2 rings (SSSR count). The van der Waals surface area contributed by atoms with Crippen LogP contribution < -0.4 is 15.0 Å². The summed E-state index contributed by atoms with van der Waals surface area (Å²) < 4.78 is 10.9. The van der Waals surface area contributed by atoms with Crippen molar-refractivity contribution in [1.29, 1.82) is 0 Å². The Kier molecular flexibility index (Phi) is 4.11. The summed E-state index contributed by atoms with van der Waals surface area (Å²) in [5, 5.41) is 11.9. The quantitative estimate of drug-likeness (QED) is 0.675. The van der Waals surface area contributed by atoms with Gasteiger partial charge in [-0.15, -0.1) is 0 Å². The minimum atomic E-state index is -0.725. The second-order valence-corrected chi connectivity index (χ2v) is 4.40. The van der Waals surface area contributed by atoms with Gasteiger partial charge in [-0.3, -0.25) is 14.9 Å². The third-order valence-corrected chi connectivity index (χ3v) is 3.04. The van der Waals surface area contributed by atoms with Gasteiger partial charge in [-0.25, -0.2) is 0 Å². The summed E-state index contributed by atoms with van der Waals surface area (Å²) in [6.07, 6.45) is 0. The van der Waals surface area contributed by atoms with Gasteiger partial charge in [-0.2, -0.15) is 0 Å². The zero-order valence-corrected chi connectivity index (χ0v) is 12.1. The molecule has 0 radical (unpaired) electrons. The third kappa shape index (κ3) is 2.67. The number of nitrogens with one attached hydrogen (secondary N) is 1. The first-order valence-electron chi connectivity index (χ1n) is 6.60. The van der Waals surface area contributed by atoms with Gasteiger partial charge in [-0.05, 0) is 32.9 Å². The summed E-state index contributed by atoms with van der Waals surface area (Å²) in [5.74, 6) is 0.885. The van der Waals surface area contributed by atoms with Crippen molar-refractivity contribution in [2.45, 2.75) is 20.8 Å². The number of hydrogen-bond donors (Lipinski definition) is 1. The molecule has 0 spiro atoms. The van der Waals surface area contributed by atoms with Crippen molar-refractivity contribution in [2.24, 2.45) is 0 Å². The third-order valence-electron chi connectivity index (χ3n) is 3.04. The second kappa shape index (κ2) is 5.82. The van der Waals surface area contributed by atoms with Crippen LogP contribution in [0.5, 0.6) is 11.5 Å². The molecule has 112 valence electrons. The van der Waals surface area contributed by atoms with Crippen molar-refractivity contribution in [3.63, 3.8) is 0 Å². The van der Waals surface area contributed by atoms with Gasteiger partial charge in [-0.1, -0.05) is 0 Å². The summed E-state index contributed by atoms with van der Waals surface area (Å²) in [6, 6.07) is 3.15. The number of aromatic amines is 1. The van der Waals surface area contributed by atoms with Crippen LogP contribution in [0.4, 0.5) is 5.69 Å². The van der Waals surface area contributed by atoms with Gasteiger partial charge in [0.05, 0.1) is 23.5 Å². The maximum atomic E-state index is 11.8. The standard InChI is InChI=1S/C14H16N2O5/c1-4-20-11-6-9-8(3)15-14(17)13(16(18)19)10(9)7-12(11)21-5-2/h6-7H,4-5H2,1-3H3,(H,15,17). The summed E-state index contributed by atoms with van der Waals surface area (Å²) in [4.78, 5) is 24.8. The van der Waals surface area contributed by atoms with E-state index in [4.69, 9.17) is 9.47 Å². The minimum Gasteiger partial charge on any atom is -0.490 e. The molecule has 0 aliphatic rings. The van der Waals surface area contributed by atoms with Crippen LogP contribution in [0.15, 0.2) is 16.9 Å².